The van der Waals surface area contributed by atoms with E-state index in [9.17, 15) is 0 Å². The van der Waals surface area contributed by atoms with Crippen LogP contribution in [0, 0.1) is 0 Å². The Bertz CT molecular complexity index is 436. The second-order valence-electron chi connectivity index (χ2n) is 3.06. The molecule has 0 atom stereocenters. The minimum Gasteiger partial charge on any atom is -0.480 e. The van der Waals surface area contributed by atoms with Crippen LogP contribution >= 0.6 is 0 Å². The zero-order chi connectivity index (χ0) is 9.97. The van der Waals surface area contributed by atoms with Gasteiger partial charge in [0.15, 0.2) is 0 Å². The number of rotatable bonds is 3. The van der Waals surface area contributed by atoms with Crippen molar-refractivity contribution in [1.29, 1.82) is 0 Å². The van der Waals surface area contributed by atoms with Gasteiger partial charge in [-0.05, 0) is 25.1 Å². The molecule has 2 N–H and O–H groups in total. The number of nitrogens with two attached hydrogens (primary N) is 1. The largest absolute Gasteiger partial charge is 0.480 e. The SMILES string of the molecule is COc1nn2ccccc2c1CCN. The number of pyridine rings is 1. The van der Waals surface area contributed by atoms with Gasteiger partial charge in [0, 0.05) is 11.8 Å². The predicted octanol–water partition coefficient (Wildman–Crippen LogP) is 0.844. The van der Waals surface area contributed by atoms with Crippen LogP contribution in [0.25, 0.3) is 5.52 Å². The number of aromatic nitrogens is 2. The van der Waals surface area contributed by atoms with Gasteiger partial charge in [-0.1, -0.05) is 6.07 Å². The molecule has 0 radical (unpaired) electrons. The molecule has 0 saturated heterocycles. The van der Waals surface area contributed by atoms with Crippen LogP contribution in [0.4, 0.5) is 0 Å². The van der Waals surface area contributed by atoms with Crippen LogP contribution in [0.2, 0.25) is 0 Å². The van der Waals surface area contributed by atoms with Crippen molar-refractivity contribution in [3.63, 3.8) is 0 Å². The summed E-state index contributed by atoms with van der Waals surface area (Å²) in [5.74, 6) is 0.668. The fourth-order valence-electron chi connectivity index (χ4n) is 1.57. The highest BCUT2D eigenvalue weighted by molar-refractivity contribution is 5.58. The molecule has 2 heterocycles. The molecule has 0 aromatic carbocycles. The van der Waals surface area contributed by atoms with Gasteiger partial charge in [0.2, 0.25) is 5.88 Å². The average Bonchev–Trinajstić information content (AvgIpc) is 2.58. The second kappa shape index (κ2) is 3.67. The Morgan fingerprint density at radius 2 is 2.36 bits per heavy atom. The van der Waals surface area contributed by atoms with Crippen LogP contribution < -0.4 is 10.5 Å². The molecule has 0 aliphatic rings. The van der Waals surface area contributed by atoms with Crippen molar-refractivity contribution in [3.8, 4) is 5.88 Å². The fourth-order valence-corrected chi connectivity index (χ4v) is 1.57. The van der Waals surface area contributed by atoms with E-state index in [4.69, 9.17) is 10.5 Å². The molecule has 0 saturated carbocycles. The van der Waals surface area contributed by atoms with Crippen molar-refractivity contribution in [2.24, 2.45) is 5.73 Å². The molecule has 4 nitrogen and oxygen atoms in total. The van der Waals surface area contributed by atoms with Crippen molar-refractivity contribution in [3.05, 3.63) is 30.0 Å². The molecule has 4 heteroatoms. The fraction of sp³-hybridized carbons (Fsp3) is 0.300. The Morgan fingerprint density at radius 1 is 1.50 bits per heavy atom. The first-order chi connectivity index (χ1) is 6.86. The van der Waals surface area contributed by atoms with Crippen LogP contribution in [0.3, 0.4) is 0 Å². The summed E-state index contributed by atoms with van der Waals surface area (Å²) in [6, 6.07) is 5.93. The molecule has 0 spiro atoms. The van der Waals surface area contributed by atoms with E-state index < -0.39 is 0 Å². The van der Waals surface area contributed by atoms with Crippen LogP contribution in [0.15, 0.2) is 24.4 Å². The van der Waals surface area contributed by atoms with E-state index in [1.54, 1.807) is 7.11 Å². The van der Waals surface area contributed by atoms with Gasteiger partial charge >= 0.3 is 0 Å². The third-order valence-corrected chi connectivity index (χ3v) is 2.19. The molecule has 0 aliphatic heterocycles. The highest BCUT2D eigenvalue weighted by Gasteiger charge is 2.10. The number of methoxy groups -OCH3 is 1. The lowest BCUT2D eigenvalue weighted by molar-refractivity contribution is 0.391. The van der Waals surface area contributed by atoms with Crippen LogP contribution in [0.5, 0.6) is 5.88 Å². The van der Waals surface area contributed by atoms with E-state index in [2.05, 4.69) is 5.10 Å². The van der Waals surface area contributed by atoms with Gasteiger partial charge in [-0.25, -0.2) is 4.52 Å². The number of fused-ring (bicyclic) bond motifs is 1. The van der Waals surface area contributed by atoms with Crippen molar-refractivity contribution in [1.82, 2.24) is 9.61 Å². The van der Waals surface area contributed by atoms with Crippen molar-refractivity contribution < 1.29 is 4.74 Å². The molecular formula is C10H13N3O. The molecule has 0 fully saturated rings. The van der Waals surface area contributed by atoms with Gasteiger partial charge in [0.05, 0.1) is 12.6 Å². The van der Waals surface area contributed by atoms with Gasteiger partial charge in [0.1, 0.15) is 0 Å². The lowest BCUT2D eigenvalue weighted by Crippen LogP contribution is -2.03. The third kappa shape index (κ3) is 1.33. The highest BCUT2D eigenvalue weighted by Crippen LogP contribution is 2.21. The molecule has 74 valence electrons. The molecule has 2 aromatic heterocycles. The highest BCUT2D eigenvalue weighted by atomic mass is 16.5. The van der Waals surface area contributed by atoms with E-state index in [0.29, 0.717) is 12.4 Å². The van der Waals surface area contributed by atoms with Crippen molar-refractivity contribution in [2.45, 2.75) is 6.42 Å². The van der Waals surface area contributed by atoms with Gasteiger partial charge < -0.3 is 10.5 Å². The van der Waals surface area contributed by atoms with E-state index >= 15 is 0 Å². The van der Waals surface area contributed by atoms with Crippen LogP contribution in [-0.4, -0.2) is 23.3 Å². The molecule has 2 rings (SSSR count). The molecule has 0 aliphatic carbocycles. The molecule has 0 bridgehead atoms. The summed E-state index contributed by atoms with van der Waals surface area (Å²) >= 11 is 0. The average molecular weight is 191 g/mol. The lowest BCUT2D eigenvalue weighted by atomic mass is 10.2. The van der Waals surface area contributed by atoms with Crippen molar-refractivity contribution >= 4 is 5.52 Å². The zero-order valence-corrected chi connectivity index (χ0v) is 8.10. The third-order valence-electron chi connectivity index (χ3n) is 2.19. The van der Waals surface area contributed by atoms with E-state index in [1.807, 2.05) is 28.9 Å². The maximum absolute atomic E-state index is 5.54. The van der Waals surface area contributed by atoms with Gasteiger partial charge in [0.25, 0.3) is 0 Å². The Kier molecular flexibility index (Phi) is 2.37. The molecule has 0 amide bonds. The zero-order valence-electron chi connectivity index (χ0n) is 8.10. The Labute approximate surface area is 82.3 Å². The second-order valence-corrected chi connectivity index (χ2v) is 3.06. The minimum absolute atomic E-state index is 0.604. The summed E-state index contributed by atoms with van der Waals surface area (Å²) in [6.07, 6.45) is 2.69. The van der Waals surface area contributed by atoms with Crippen molar-refractivity contribution in [2.75, 3.05) is 13.7 Å². The Balaban J connectivity index is 2.61. The van der Waals surface area contributed by atoms with E-state index in [-0.39, 0.29) is 0 Å². The summed E-state index contributed by atoms with van der Waals surface area (Å²) in [6.45, 7) is 0.604. The predicted molar refractivity (Wildman–Crippen MR) is 54.5 cm³/mol. The maximum Gasteiger partial charge on any atom is 0.236 e. The monoisotopic (exact) mass is 191 g/mol. The number of hydrogen-bond donors (Lipinski definition) is 1. The quantitative estimate of drug-likeness (QED) is 0.782. The van der Waals surface area contributed by atoms with Gasteiger partial charge in [-0.15, -0.1) is 5.10 Å². The topological polar surface area (TPSA) is 52.5 Å². The normalized spacial score (nSPS) is 10.7. The first-order valence-corrected chi connectivity index (χ1v) is 4.57. The summed E-state index contributed by atoms with van der Waals surface area (Å²) < 4.78 is 7.00. The van der Waals surface area contributed by atoms with Gasteiger partial charge in [-0.2, -0.15) is 0 Å². The summed E-state index contributed by atoms with van der Waals surface area (Å²) in [7, 11) is 1.63. The smallest absolute Gasteiger partial charge is 0.236 e. The summed E-state index contributed by atoms with van der Waals surface area (Å²) in [5.41, 5.74) is 7.69. The van der Waals surface area contributed by atoms with E-state index in [1.165, 1.54) is 0 Å². The standard InChI is InChI=1S/C10H13N3O/c1-14-10-8(5-6-11)9-4-2-3-7-13(9)12-10/h2-4,7H,5-6,11H2,1H3. The Hall–Kier alpha value is -1.55. The number of ether oxygens (including phenoxy) is 1. The summed E-state index contributed by atoms with van der Waals surface area (Å²) in [5, 5.41) is 4.29. The number of nitrogens with zero attached hydrogens (tertiary/aromatic N) is 2. The van der Waals surface area contributed by atoms with Gasteiger partial charge in [-0.3, -0.25) is 0 Å². The van der Waals surface area contributed by atoms with E-state index in [0.717, 1.165) is 17.5 Å². The molecule has 0 unspecified atom stereocenters. The first kappa shape index (κ1) is 9.02. The number of hydrogen-bond acceptors (Lipinski definition) is 3. The molecule has 14 heavy (non-hydrogen) atoms. The lowest BCUT2D eigenvalue weighted by Gasteiger charge is -1.98. The summed E-state index contributed by atoms with van der Waals surface area (Å²) in [4.78, 5) is 0. The maximum atomic E-state index is 5.54. The van der Waals surface area contributed by atoms with Crippen LogP contribution in [0.1, 0.15) is 5.56 Å². The van der Waals surface area contributed by atoms with Crippen LogP contribution in [-0.2, 0) is 6.42 Å². The first-order valence-electron chi connectivity index (χ1n) is 4.57. The molecule has 2 aromatic rings. The molecular weight excluding hydrogens is 178 g/mol. The Morgan fingerprint density at radius 3 is 3.07 bits per heavy atom. The minimum atomic E-state index is 0.604.